The van der Waals surface area contributed by atoms with Gasteiger partial charge in [-0.15, -0.1) is 0 Å². The van der Waals surface area contributed by atoms with Crippen LogP contribution >= 0.6 is 0 Å². The lowest BCUT2D eigenvalue weighted by Gasteiger charge is -2.37. The molecule has 138 valence electrons. The Morgan fingerprint density at radius 2 is 1.22 bits per heavy atom. The molecular formula is C24H26N2O. The summed E-state index contributed by atoms with van der Waals surface area (Å²) in [6, 6.07) is 30.2. The summed E-state index contributed by atoms with van der Waals surface area (Å²) in [7, 11) is 4.14. The van der Waals surface area contributed by atoms with E-state index in [0.29, 0.717) is 12.1 Å². The zero-order valence-corrected chi connectivity index (χ0v) is 15.9. The molecule has 3 heteroatoms. The van der Waals surface area contributed by atoms with Crippen molar-refractivity contribution in [1.29, 1.82) is 0 Å². The van der Waals surface area contributed by atoms with E-state index in [-0.39, 0.29) is 11.3 Å². The predicted octanol–water partition coefficient (Wildman–Crippen LogP) is 3.96. The molecule has 0 unspecified atom stereocenters. The van der Waals surface area contributed by atoms with Crippen LogP contribution in [0, 0.1) is 0 Å². The first-order valence-electron chi connectivity index (χ1n) is 9.21. The standard InChI is InChI=1S/C24H26N2O/c1-26(2)19-24(21-14-8-4-9-15-21,22-16-10-5-11-17-22)18-25-23(27)20-12-6-3-7-13-20/h3-17H,18-19H2,1-2H3,(H,25,27). The van der Waals surface area contributed by atoms with Crippen molar-refractivity contribution in [3.63, 3.8) is 0 Å². The Hall–Kier alpha value is -2.91. The van der Waals surface area contributed by atoms with Crippen molar-refractivity contribution in [2.45, 2.75) is 5.41 Å². The van der Waals surface area contributed by atoms with Gasteiger partial charge < -0.3 is 10.2 Å². The highest BCUT2D eigenvalue weighted by atomic mass is 16.1. The third-order valence-electron chi connectivity index (χ3n) is 4.83. The van der Waals surface area contributed by atoms with E-state index < -0.39 is 0 Å². The molecule has 0 aliphatic carbocycles. The van der Waals surface area contributed by atoms with Crippen LogP contribution in [-0.2, 0) is 5.41 Å². The van der Waals surface area contributed by atoms with Crippen molar-refractivity contribution in [2.75, 3.05) is 27.2 Å². The largest absolute Gasteiger partial charge is 0.351 e. The monoisotopic (exact) mass is 358 g/mol. The van der Waals surface area contributed by atoms with E-state index in [1.54, 1.807) is 0 Å². The molecule has 3 nitrogen and oxygen atoms in total. The van der Waals surface area contributed by atoms with Crippen LogP contribution in [0.4, 0.5) is 0 Å². The van der Waals surface area contributed by atoms with E-state index in [2.05, 4.69) is 72.8 Å². The van der Waals surface area contributed by atoms with Crippen LogP contribution in [0.3, 0.4) is 0 Å². The lowest BCUT2D eigenvalue weighted by atomic mass is 9.73. The van der Waals surface area contributed by atoms with Crippen LogP contribution in [0.2, 0.25) is 0 Å². The molecule has 0 fully saturated rings. The fraction of sp³-hybridized carbons (Fsp3) is 0.208. The lowest BCUT2D eigenvalue weighted by molar-refractivity contribution is 0.0943. The molecule has 0 aromatic heterocycles. The van der Waals surface area contributed by atoms with E-state index in [0.717, 1.165) is 6.54 Å². The molecule has 0 aliphatic heterocycles. The predicted molar refractivity (Wildman–Crippen MR) is 111 cm³/mol. The van der Waals surface area contributed by atoms with Gasteiger partial charge in [-0.3, -0.25) is 4.79 Å². The average Bonchev–Trinajstić information content (AvgIpc) is 2.72. The van der Waals surface area contributed by atoms with Crippen LogP contribution in [0.5, 0.6) is 0 Å². The van der Waals surface area contributed by atoms with Gasteiger partial charge in [0.2, 0.25) is 0 Å². The number of amides is 1. The van der Waals surface area contributed by atoms with Gasteiger partial charge in [0.1, 0.15) is 0 Å². The highest BCUT2D eigenvalue weighted by molar-refractivity contribution is 5.94. The molecule has 0 radical (unpaired) electrons. The summed E-state index contributed by atoms with van der Waals surface area (Å²) in [6.45, 7) is 1.31. The summed E-state index contributed by atoms with van der Waals surface area (Å²) in [6.07, 6.45) is 0. The number of nitrogens with zero attached hydrogens (tertiary/aromatic N) is 1. The van der Waals surface area contributed by atoms with Gasteiger partial charge in [0, 0.05) is 18.7 Å². The number of carbonyl (C=O) groups excluding carboxylic acids is 1. The van der Waals surface area contributed by atoms with Gasteiger partial charge in [-0.2, -0.15) is 0 Å². The van der Waals surface area contributed by atoms with Crippen LogP contribution in [0.1, 0.15) is 21.5 Å². The Kier molecular flexibility index (Phi) is 6.05. The van der Waals surface area contributed by atoms with Crippen LogP contribution < -0.4 is 5.32 Å². The number of hydrogen-bond acceptors (Lipinski definition) is 2. The van der Waals surface area contributed by atoms with Gasteiger partial charge in [-0.25, -0.2) is 0 Å². The van der Waals surface area contributed by atoms with Crippen molar-refractivity contribution in [2.24, 2.45) is 0 Å². The maximum atomic E-state index is 12.7. The second-order valence-corrected chi connectivity index (χ2v) is 7.10. The van der Waals surface area contributed by atoms with E-state index in [9.17, 15) is 4.79 Å². The van der Waals surface area contributed by atoms with Crippen molar-refractivity contribution in [3.05, 3.63) is 108 Å². The molecule has 0 heterocycles. The molecule has 0 saturated heterocycles. The minimum absolute atomic E-state index is 0.0504. The number of likely N-dealkylation sites (N-methyl/N-ethyl adjacent to an activating group) is 1. The van der Waals surface area contributed by atoms with Gasteiger partial charge >= 0.3 is 0 Å². The van der Waals surface area contributed by atoms with E-state index in [1.165, 1.54) is 11.1 Å². The Bertz CT molecular complexity index is 806. The molecule has 0 aliphatic rings. The third-order valence-corrected chi connectivity index (χ3v) is 4.83. The molecule has 0 spiro atoms. The molecule has 3 aromatic carbocycles. The summed E-state index contributed by atoms with van der Waals surface area (Å²) in [4.78, 5) is 14.9. The fourth-order valence-corrected chi connectivity index (χ4v) is 3.59. The second-order valence-electron chi connectivity index (χ2n) is 7.10. The quantitative estimate of drug-likeness (QED) is 0.693. The molecule has 3 rings (SSSR count). The highest BCUT2D eigenvalue weighted by Gasteiger charge is 2.35. The molecule has 1 amide bonds. The topological polar surface area (TPSA) is 32.3 Å². The average molecular weight is 358 g/mol. The SMILES string of the molecule is CN(C)CC(CNC(=O)c1ccccc1)(c1ccccc1)c1ccccc1. The van der Waals surface area contributed by atoms with Gasteiger partial charge in [0.25, 0.3) is 5.91 Å². The van der Waals surface area contributed by atoms with Crippen LogP contribution in [-0.4, -0.2) is 38.0 Å². The zero-order valence-electron chi connectivity index (χ0n) is 15.9. The number of carbonyl (C=O) groups is 1. The van der Waals surface area contributed by atoms with Crippen molar-refractivity contribution < 1.29 is 4.79 Å². The second kappa shape index (κ2) is 8.65. The molecule has 0 saturated carbocycles. The number of rotatable bonds is 7. The molecule has 1 N–H and O–H groups in total. The number of benzene rings is 3. The number of hydrogen-bond donors (Lipinski definition) is 1. The highest BCUT2D eigenvalue weighted by Crippen LogP contribution is 2.32. The van der Waals surface area contributed by atoms with Crippen molar-refractivity contribution in [1.82, 2.24) is 10.2 Å². The molecule has 0 atom stereocenters. The molecule has 27 heavy (non-hydrogen) atoms. The first-order chi connectivity index (χ1) is 13.1. The molecular weight excluding hydrogens is 332 g/mol. The van der Waals surface area contributed by atoms with Gasteiger partial charge in [0.15, 0.2) is 0 Å². The summed E-state index contributed by atoms with van der Waals surface area (Å²) in [5, 5.41) is 3.18. The van der Waals surface area contributed by atoms with Gasteiger partial charge in [-0.1, -0.05) is 78.9 Å². The first-order valence-corrected chi connectivity index (χ1v) is 9.21. The Balaban J connectivity index is 1.99. The van der Waals surface area contributed by atoms with E-state index in [4.69, 9.17) is 0 Å². The fourth-order valence-electron chi connectivity index (χ4n) is 3.59. The summed E-state index contributed by atoms with van der Waals surface area (Å²) in [5.74, 6) is -0.0504. The summed E-state index contributed by atoms with van der Waals surface area (Å²) in [5.41, 5.74) is 2.73. The Morgan fingerprint density at radius 1 is 0.778 bits per heavy atom. The van der Waals surface area contributed by atoms with E-state index in [1.807, 2.05) is 42.5 Å². The smallest absolute Gasteiger partial charge is 0.251 e. The van der Waals surface area contributed by atoms with Crippen LogP contribution in [0.25, 0.3) is 0 Å². The van der Waals surface area contributed by atoms with Gasteiger partial charge in [0.05, 0.1) is 5.41 Å². The zero-order chi connectivity index (χ0) is 19.1. The Labute approximate surface area is 161 Å². The minimum Gasteiger partial charge on any atom is -0.351 e. The lowest BCUT2D eigenvalue weighted by Crippen LogP contribution is -2.48. The van der Waals surface area contributed by atoms with Gasteiger partial charge in [-0.05, 0) is 37.4 Å². The maximum absolute atomic E-state index is 12.7. The third kappa shape index (κ3) is 4.44. The van der Waals surface area contributed by atoms with E-state index >= 15 is 0 Å². The summed E-state index contributed by atoms with van der Waals surface area (Å²) >= 11 is 0. The summed E-state index contributed by atoms with van der Waals surface area (Å²) < 4.78 is 0. The van der Waals surface area contributed by atoms with Crippen molar-refractivity contribution >= 4 is 5.91 Å². The van der Waals surface area contributed by atoms with Crippen LogP contribution in [0.15, 0.2) is 91.0 Å². The molecule has 3 aromatic rings. The minimum atomic E-state index is -0.337. The Morgan fingerprint density at radius 3 is 1.67 bits per heavy atom. The number of nitrogens with one attached hydrogen (secondary N) is 1. The maximum Gasteiger partial charge on any atom is 0.251 e. The van der Waals surface area contributed by atoms with Crippen molar-refractivity contribution in [3.8, 4) is 0 Å². The molecule has 0 bridgehead atoms. The normalized spacial score (nSPS) is 11.4. The first kappa shape index (κ1) is 18.9.